The molecule has 18 heavy (non-hydrogen) atoms. The summed E-state index contributed by atoms with van der Waals surface area (Å²) in [7, 11) is 0. The highest BCUT2D eigenvalue weighted by Crippen LogP contribution is 2.12. The van der Waals surface area contributed by atoms with E-state index in [9.17, 15) is 4.79 Å². The summed E-state index contributed by atoms with van der Waals surface area (Å²) < 4.78 is 5.38. The summed E-state index contributed by atoms with van der Waals surface area (Å²) in [5.41, 5.74) is 0. The third kappa shape index (κ3) is 5.36. The van der Waals surface area contributed by atoms with Gasteiger partial charge in [-0.05, 0) is 12.3 Å². The lowest BCUT2D eigenvalue weighted by atomic mass is 10.0. The van der Waals surface area contributed by atoms with E-state index in [2.05, 4.69) is 31.0 Å². The number of nitrogens with zero attached hydrogens (tertiary/aromatic N) is 1. The van der Waals surface area contributed by atoms with Gasteiger partial charge in [-0.1, -0.05) is 27.2 Å². The topological polar surface area (TPSA) is 41.6 Å². The summed E-state index contributed by atoms with van der Waals surface area (Å²) in [4.78, 5) is 14.1. The zero-order chi connectivity index (χ0) is 13.4. The number of carbonyl (C=O) groups is 1. The smallest absolute Gasteiger partial charge is 0.220 e. The molecular weight excluding hydrogens is 228 g/mol. The first-order valence-corrected chi connectivity index (χ1v) is 7.23. The molecule has 4 nitrogen and oxygen atoms in total. The summed E-state index contributed by atoms with van der Waals surface area (Å²) >= 11 is 0. The Morgan fingerprint density at radius 1 is 1.33 bits per heavy atom. The number of nitrogens with one attached hydrogen (secondary N) is 1. The Balaban J connectivity index is 2.35. The van der Waals surface area contributed by atoms with Crippen LogP contribution in [0.5, 0.6) is 0 Å². The van der Waals surface area contributed by atoms with Crippen molar-refractivity contribution in [2.75, 3.05) is 32.8 Å². The number of hydrogen-bond donors (Lipinski definition) is 1. The molecule has 1 fully saturated rings. The average Bonchev–Trinajstić information content (AvgIpc) is 2.37. The van der Waals surface area contributed by atoms with Gasteiger partial charge in [0.1, 0.15) is 0 Å². The lowest BCUT2D eigenvalue weighted by Gasteiger charge is -2.36. The first-order valence-electron chi connectivity index (χ1n) is 7.23. The molecule has 0 bridgehead atoms. The first-order chi connectivity index (χ1) is 8.65. The molecule has 1 aliphatic rings. The Morgan fingerprint density at radius 2 is 2.00 bits per heavy atom. The molecule has 1 atom stereocenters. The van der Waals surface area contributed by atoms with E-state index in [0.717, 1.165) is 45.7 Å². The summed E-state index contributed by atoms with van der Waals surface area (Å²) in [5.74, 6) is 0.741. The molecular formula is C14H28N2O2. The predicted octanol–water partition coefficient (Wildman–Crippen LogP) is 1.65. The van der Waals surface area contributed by atoms with Crippen LogP contribution in [0.2, 0.25) is 0 Å². The molecule has 1 rings (SSSR count). The van der Waals surface area contributed by atoms with Crippen LogP contribution in [0.4, 0.5) is 0 Å². The number of carbonyl (C=O) groups excluding carboxylic acids is 1. The Bertz CT molecular complexity index is 238. The van der Waals surface area contributed by atoms with Crippen LogP contribution in [0.25, 0.3) is 0 Å². The van der Waals surface area contributed by atoms with Crippen molar-refractivity contribution in [2.24, 2.45) is 5.92 Å². The lowest BCUT2D eigenvalue weighted by Crippen LogP contribution is -2.51. The molecule has 0 saturated carbocycles. The Labute approximate surface area is 111 Å². The quantitative estimate of drug-likeness (QED) is 0.753. The number of unbranched alkanes of at least 4 members (excludes halogenated alkanes) is 1. The normalized spacial score (nSPS) is 18.9. The van der Waals surface area contributed by atoms with Gasteiger partial charge >= 0.3 is 0 Å². The van der Waals surface area contributed by atoms with E-state index in [1.807, 2.05) is 0 Å². The van der Waals surface area contributed by atoms with Crippen molar-refractivity contribution in [1.29, 1.82) is 0 Å². The number of ether oxygens (including phenoxy) is 1. The van der Waals surface area contributed by atoms with Crippen molar-refractivity contribution in [2.45, 2.75) is 46.1 Å². The maximum Gasteiger partial charge on any atom is 0.220 e. The molecule has 1 N–H and O–H groups in total. The van der Waals surface area contributed by atoms with Gasteiger partial charge in [0.15, 0.2) is 0 Å². The van der Waals surface area contributed by atoms with Crippen molar-refractivity contribution in [1.82, 2.24) is 10.2 Å². The van der Waals surface area contributed by atoms with Gasteiger partial charge < -0.3 is 10.1 Å². The van der Waals surface area contributed by atoms with E-state index < -0.39 is 0 Å². The SMILES string of the molecule is CCCCC(=O)NCC(C(C)C)N1CCOCC1. The molecule has 1 aliphatic heterocycles. The Morgan fingerprint density at radius 3 is 2.56 bits per heavy atom. The molecule has 0 radical (unpaired) electrons. The second-order valence-electron chi connectivity index (χ2n) is 5.37. The standard InChI is InChI=1S/C14H28N2O2/c1-4-5-6-14(17)15-11-13(12(2)3)16-7-9-18-10-8-16/h12-13H,4-11H2,1-3H3,(H,15,17). The van der Waals surface area contributed by atoms with Crippen LogP contribution >= 0.6 is 0 Å². The minimum absolute atomic E-state index is 0.191. The maximum atomic E-state index is 11.7. The van der Waals surface area contributed by atoms with Gasteiger partial charge in [0, 0.05) is 32.1 Å². The highest BCUT2D eigenvalue weighted by Gasteiger charge is 2.23. The molecule has 0 aromatic carbocycles. The van der Waals surface area contributed by atoms with Gasteiger partial charge in [0.05, 0.1) is 13.2 Å². The minimum Gasteiger partial charge on any atom is -0.379 e. The van der Waals surface area contributed by atoms with E-state index in [-0.39, 0.29) is 5.91 Å². The van der Waals surface area contributed by atoms with E-state index in [4.69, 9.17) is 4.74 Å². The minimum atomic E-state index is 0.191. The van der Waals surface area contributed by atoms with E-state index >= 15 is 0 Å². The number of hydrogen-bond acceptors (Lipinski definition) is 3. The molecule has 4 heteroatoms. The van der Waals surface area contributed by atoms with E-state index in [0.29, 0.717) is 18.4 Å². The van der Waals surface area contributed by atoms with E-state index in [1.54, 1.807) is 0 Å². The lowest BCUT2D eigenvalue weighted by molar-refractivity contribution is -0.121. The van der Waals surface area contributed by atoms with Gasteiger partial charge in [-0.2, -0.15) is 0 Å². The van der Waals surface area contributed by atoms with Gasteiger partial charge in [0.25, 0.3) is 0 Å². The Kier molecular flexibility index (Phi) is 7.28. The number of amides is 1. The summed E-state index contributed by atoms with van der Waals surface area (Å²) in [6, 6.07) is 0.430. The van der Waals surface area contributed by atoms with Crippen molar-refractivity contribution >= 4 is 5.91 Å². The van der Waals surface area contributed by atoms with Crippen LogP contribution in [0.1, 0.15) is 40.0 Å². The molecule has 0 aromatic heterocycles. The van der Waals surface area contributed by atoms with E-state index in [1.165, 1.54) is 0 Å². The largest absolute Gasteiger partial charge is 0.379 e. The summed E-state index contributed by atoms with van der Waals surface area (Å²) in [5, 5.41) is 3.07. The van der Waals surface area contributed by atoms with Crippen molar-refractivity contribution in [3.63, 3.8) is 0 Å². The summed E-state index contributed by atoms with van der Waals surface area (Å²) in [6.07, 6.45) is 2.71. The molecule has 1 heterocycles. The van der Waals surface area contributed by atoms with Gasteiger partial charge in [-0.25, -0.2) is 0 Å². The van der Waals surface area contributed by atoms with Crippen LogP contribution in [-0.2, 0) is 9.53 Å². The molecule has 0 spiro atoms. The van der Waals surface area contributed by atoms with Crippen LogP contribution in [0, 0.1) is 5.92 Å². The zero-order valence-corrected chi connectivity index (χ0v) is 12.1. The fraction of sp³-hybridized carbons (Fsp3) is 0.929. The third-order valence-corrected chi connectivity index (χ3v) is 3.55. The third-order valence-electron chi connectivity index (χ3n) is 3.55. The second-order valence-corrected chi connectivity index (χ2v) is 5.37. The van der Waals surface area contributed by atoms with Crippen molar-refractivity contribution in [3.05, 3.63) is 0 Å². The van der Waals surface area contributed by atoms with Crippen LogP contribution in [0.15, 0.2) is 0 Å². The maximum absolute atomic E-state index is 11.7. The van der Waals surface area contributed by atoms with Gasteiger partial charge in [-0.3, -0.25) is 9.69 Å². The molecule has 106 valence electrons. The number of morpholine rings is 1. The fourth-order valence-corrected chi connectivity index (χ4v) is 2.34. The van der Waals surface area contributed by atoms with Gasteiger partial charge in [-0.15, -0.1) is 0 Å². The highest BCUT2D eigenvalue weighted by molar-refractivity contribution is 5.75. The summed E-state index contributed by atoms with van der Waals surface area (Å²) in [6.45, 7) is 10.9. The van der Waals surface area contributed by atoms with Crippen molar-refractivity contribution < 1.29 is 9.53 Å². The van der Waals surface area contributed by atoms with Gasteiger partial charge in [0.2, 0.25) is 5.91 Å². The van der Waals surface area contributed by atoms with Crippen LogP contribution < -0.4 is 5.32 Å². The Hall–Kier alpha value is -0.610. The molecule has 1 unspecified atom stereocenters. The molecule has 0 aliphatic carbocycles. The molecule has 0 aromatic rings. The van der Waals surface area contributed by atoms with Crippen LogP contribution in [-0.4, -0.2) is 49.7 Å². The predicted molar refractivity (Wildman–Crippen MR) is 73.6 cm³/mol. The first kappa shape index (κ1) is 15.4. The average molecular weight is 256 g/mol. The fourth-order valence-electron chi connectivity index (χ4n) is 2.34. The monoisotopic (exact) mass is 256 g/mol. The van der Waals surface area contributed by atoms with Crippen molar-refractivity contribution in [3.8, 4) is 0 Å². The number of rotatable bonds is 7. The highest BCUT2D eigenvalue weighted by atomic mass is 16.5. The molecule has 1 amide bonds. The van der Waals surface area contributed by atoms with Crippen LogP contribution in [0.3, 0.4) is 0 Å². The molecule has 1 saturated heterocycles. The zero-order valence-electron chi connectivity index (χ0n) is 12.1. The second kappa shape index (κ2) is 8.48.